The van der Waals surface area contributed by atoms with Gasteiger partial charge in [-0.3, -0.25) is 0 Å². The van der Waals surface area contributed by atoms with E-state index >= 15 is 0 Å². The number of rotatable bonds is 3. The van der Waals surface area contributed by atoms with Crippen LogP contribution in [-0.2, 0) is 0 Å². The van der Waals surface area contributed by atoms with Crippen molar-refractivity contribution in [1.29, 1.82) is 0 Å². The molecule has 1 aromatic carbocycles. The van der Waals surface area contributed by atoms with Crippen LogP contribution in [0.15, 0.2) is 36.7 Å². The van der Waals surface area contributed by atoms with Gasteiger partial charge in [0.1, 0.15) is 0 Å². The third-order valence-corrected chi connectivity index (χ3v) is 6.63. The van der Waals surface area contributed by atoms with Crippen molar-refractivity contribution < 1.29 is 0 Å². The zero-order valence-corrected chi connectivity index (χ0v) is 15.0. The fourth-order valence-electron chi connectivity index (χ4n) is 3.84. The number of nitrogens with zero attached hydrogens (tertiary/aromatic N) is 5. The number of anilines is 1. The first-order valence-corrected chi connectivity index (χ1v) is 10.1. The molecule has 0 radical (unpaired) electrons. The first kappa shape index (κ1) is 15.2. The van der Waals surface area contributed by atoms with Gasteiger partial charge in [0.05, 0.1) is 23.6 Å². The van der Waals surface area contributed by atoms with Crippen LogP contribution in [0.5, 0.6) is 0 Å². The Morgan fingerprint density at radius 3 is 2.80 bits per heavy atom. The monoisotopic (exact) mass is 351 g/mol. The highest BCUT2D eigenvalue weighted by atomic mass is 32.2. The third kappa shape index (κ3) is 2.78. The molecule has 2 saturated heterocycles. The van der Waals surface area contributed by atoms with Crippen LogP contribution < -0.4 is 4.90 Å². The molecule has 0 bridgehead atoms. The van der Waals surface area contributed by atoms with Gasteiger partial charge in [0, 0.05) is 29.8 Å². The van der Waals surface area contributed by atoms with E-state index in [0.717, 1.165) is 30.1 Å². The molecule has 6 heteroatoms. The summed E-state index contributed by atoms with van der Waals surface area (Å²) in [5.41, 5.74) is 3.56. The van der Waals surface area contributed by atoms with Crippen molar-refractivity contribution in [3.8, 4) is 5.69 Å². The Morgan fingerprint density at radius 2 is 1.96 bits per heavy atom. The van der Waals surface area contributed by atoms with E-state index in [4.69, 9.17) is 0 Å². The molecular formula is C19H21N5S. The second-order valence-electron chi connectivity index (χ2n) is 6.84. The van der Waals surface area contributed by atoms with Crippen molar-refractivity contribution >= 4 is 28.5 Å². The molecule has 2 aliphatic heterocycles. The van der Waals surface area contributed by atoms with E-state index in [1.54, 1.807) is 0 Å². The minimum absolute atomic E-state index is 0.628. The summed E-state index contributed by atoms with van der Waals surface area (Å²) in [5.74, 6) is 2.23. The maximum absolute atomic E-state index is 4.62. The summed E-state index contributed by atoms with van der Waals surface area (Å²) in [6.45, 7) is 2.14. The lowest BCUT2D eigenvalue weighted by Crippen LogP contribution is -2.19. The maximum atomic E-state index is 4.62. The number of hydrogen-bond acceptors (Lipinski definition) is 5. The summed E-state index contributed by atoms with van der Waals surface area (Å²) in [6.07, 6.45) is 8.82. The number of fused-ring (bicyclic) bond motifs is 1. The third-order valence-electron chi connectivity index (χ3n) is 5.20. The lowest BCUT2D eigenvalue weighted by Gasteiger charge is -2.16. The molecule has 0 spiro atoms. The van der Waals surface area contributed by atoms with Gasteiger partial charge in [0.15, 0.2) is 5.82 Å². The van der Waals surface area contributed by atoms with Gasteiger partial charge in [-0.25, -0.2) is 4.68 Å². The lowest BCUT2D eigenvalue weighted by molar-refractivity contribution is 0.828. The van der Waals surface area contributed by atoms with E-state index in [-0.39, 0.29) is 0 Å². The van der Waals surface area contributed by atoms with Crippen LogP contribution in [0.25, 0.3) is 16.6 Å². The van der Waals surface area contributed by atoms with Crippen LogP contribution in [0.1, 0.15) is 36.5 Å². The molecule has 0 aliphatic carbocycles. The van der Waals surface area contributed by atoms with Crippen molar-refractivity contribution in [1.82, 2.24) is 20.0 Å². The summed E-state index contributed by atoms with van der Waals surface area (Å²) in [7, 11) is 0. The Balaban J connectivity index is 1.55. The van der Waals surface area contributed by atoms with Gasteiger partial charge in [-0.1, -0.05) is 12.1 Å². The van der Waals surface area contributed by atoms with E-state index in [2.05, 4.69) is 56.2 Å². The number of benzene rings is 1. The van der Waals surface area contributed by atoms with Crippen LogP contribution in [0.2, 0.25) is 0 Å². The van der Waals surface area contributed by atoms with Crippen molar-refractivity contribution in [3.63, 3.8) is 0 Å². The number of hydrogen-bond donors (Lipinski definition) is 0. The number of aromatic nitrogens is 4. The van der Waals surface area contributed by atoms with E-state index < -0.39 is 0 Å². The van der Waals surface area contributed by atoms with Gasteiger partial charge in [0.25, 0.3) is 0 Å². The molecule has 0 saturated carbocycles. The van der Waals surface area contributed by atoms with Crippen LogP contribution in [-0.4, -0.2) is 38.8 Å². The second-order valence-corrected chi connectivity index (χ2v) is 8.15. The van der Waals surface area contributed by atoms with Gasteiger partial charge in [0.2, 0.25) is 0 Å². The molecule has 128 valence electrons. The molecule has 2 aliphatic rings. The van der Waals surface area contributed by atoms with Gasteiger partial charge in [-0.05, 0) is 43.1 Å². The molecule has 4 heterocycles. The van der Waals surface area contributed by atoms with Crippen LogP contribution >= 0.6 is 11.8 Å². The SMILES string of the molecule is c1cc2cnn(-c3cnnc(N4CCCC4)c3)c2cc1C1CCCS1. The van der Waals surface area contributed by atoms with E-state index in [1.807, 2.05) is 17.1 Å². The minimum atomic E-state index is 0.628. The molecule has 3 aromatic rings. The fraction of sp³-hybridized carbons (Fsp3) is 0.421. The Hall–Kier alpha value is -2.08. The van der Waals surface area contributed by atoms with Crippen LogP contribution in [0, 0.1) is 0 Å². The lowest BCUT2D eigenvalue weighted by atomic mass is 10.1. The Labute approximate surface area is 151 Å². The van der Waals surface area contributed by atoms with E-state index in [1.165, 1.54) is 42.4 Å². The topological polar surface area (TPSA) is 46.8 Å². The molecule has 1 unspecified atom stereocenters. The predicted octanol–water partition coefficient (Wildman–Crippen LogP) is 3.98. The normalized spacial score (nSPS) is 20.6. The molecule has 2 fully saturated rings. The van der Waals surface area contributed by atoms with Crippen molar-refractivity contribution in [2.24, 2.45) is 0 Å². The molecule has 0 N–H and O–H groups in total. The highest BCUT2D eigenvalue weighted by molar-refractivity contribution is 7.99. The average Bonchev–Trinajstić information content (AvgIpc) is 3.42. The summed E-state index contributed by atoms with van der Waals surface area (Å²) >= 11 is 2.07. The van der Waals surface area contributed by atoms with E-state index in [9.17, 15) is 0 Å². The molecule has 2 aromatic heterocycles. The first-order valence-electron chi connectivity index (χ1n) is 9.06. The van der Waals surface area contributed by atoms with Gasteiger partial charge in [-0.15, -0.1) is 5.10 Å². The molecule has 1 atom stereocenters. The summed E-state index contributed by atoms with van der Waals surface area (Å²) < 4.78 is 2.01. The van der Waals surface area contributed by atoms with Crippen molar-refractivity contribution in [2.75, 3.05) is 23.7 Å². The standard InChI is InChI=1S/C19H21N5S/c1-2-8-23(7-1)19-11-16(13-20-22-19)24-17-10-14(18-4-3-9-25-18)5-6-15(17)12-21-24/h5-6,10-13,18H,1-4,7-9H2. The maximum Gasteiger partial charge on any atom is 0.153 e. The van der Waals surface area contributed by atoms with Gasteiger partial charge in [-0.2, -0.15) is 22.0 Å². The molecule has 5 nitrogen and oxygen atoms in total. The van der Waals surface area contributed by atoms with Gasteiger partial charge < -0.3 is 4.90 Å². The second kappa shape index (κ2) is 6.33. The zero-order valence-electron chi connectivity index (χ0n) is 14.1. The molecule has 5 rings (SSSR count). The first-order chi connectivity index (χ1) is 12.4. The zero-order chi connectivity index (χ0) is 16.6. The van der Waals surface area contributed by atoms with Crippen molar-refractivity contribution in [2.45, 2.75) is 30.9 Å². The highest BCUT2D eigenvalue weighted by Gasteiger charge is 2.19. The number of thioether (sulfide) groups is 1. The quantitative estimate of drug-likeness (QED) is 0.714. The Morgan fingerprint density at radius 1 is 1.04 bits per heavy atom. The smallest absolute Gasteiger partial charge is 0.153 e. The van der Waals surface area contributed by atoms with Crippen LogP contribution in [0.3, 0.4) is 0 Å². The summed E-state index contributed by atoms with van der Waals surface area (Å²) in [6, 6.07) is 8.88. The van der Waals surface area contributed by atoms with Gasteiger partial charge >= 0.3 is 0 Å². The Kier molecular flexibility index (Phi) is 3.85. The summed E-state index contributed by atoms with van der Waals surface area (Å²) in [5, 5.41) is 15.0. The average molecular weight is 351 g/mol. The van der Waals surface area contributed by atoms with E-state index in [0.29, 0.717) is 5.25 Å². The minimum Gasteiger partial charge on any atom is -0.355 e. The Bertz CT molecular complexity index is 894. The van der Waals surface area contributed by atoms with Crippen molar-refractivity contribution in [3.05, 3.63) is 42.2 Å². The van der Waals surface area contributed by atoms with Crippen LogP contribution in [0.4, 0.5) is 5.82 Å². The molecule has 25 heavy (non-hydrogen) atoms. The molecule has 0 amide bonds. The predicted molar refractivity (Wildman–Crippen MR) is 103 cm³/mol. The summed E-state index contributed by atoms with van der Waals surface area (Å²) in [4.78, 5) is 2.31. The largest absolute Gasteiger partial charge is 0.355 e. The highest BCUT2D eigenvalue weighted by Crippen LogP contribution is 2.40. The molecular weight excluding hydrogens is 330 g/mol. The fourth-order valence-corrected chi connectivity index (χ4v) is 5.13.